The molecular weight excluding hydrogens is 876 g/mol. The van der Waals surface area contributed by atoms with E-state index in [4.69, 9.17) is 26.2 Å². The molecule has 0 bridgehead atoms. The molecule has 0 spiro atoms. The number of para-hydroxylation sites is 1. The Hall–Kier alpha value is -7.01. The van der Waals surface area contributed by atoms with E-state index in [9.17, 15) is 29.1 Å². The van der Waals surface area contributed by atoms with E-state index in [0.29, 0.717) is 22.3 Å². The largest absolute Gasteiger partial charge is 0.481 e. The first-order valence-electron chi connectivity index (χ1n) is 19.9. The lowest BCUT2D eigenvalue weighted by atomic mass is 9.95. The average Bonchev–Trinajstić information content (AvgIpc) is 4.05. The highest BCUT2D eigenvalue weighted by Gasteiger charge is 2.28. The van der Waals surface area contributed by atoms with E-state index in [1.807, 2.05) is 104 Å². The summed E-state index contributed by atoms with van der Waals surface area (Å²) in [7, 11) is 1.64. The van der Waals surface area contributed by atoms with Crippen molar-refractivity contribution in [1.29, 1.82) is 0 Å². The molecule has 3 aromatic heterocycles. The lowest BCUT2D eigenvalue weighted by Crippen LogP contribution is -2.35. The zero-order valence-corrected chi connectivity index (χ0v) is 37.2. The SMILES string of the molecule is Cc1noc(C)c1-c1ccccc1-c1csc(N(C)C(=O)[C@@H](CC(=O)O)Cc2ccccc2)n1.O=C(O)C[C@@H](Cc1ccccc1)C(=O)Nc1nc(C(=O)Nc2ccccc2Cl)cs1. The number of nitrogens with zero attached hydrogens (tertiary/aromatic N) is 4. The lowest BCUT2D eigenvalue weighted by Gasteiger charge is -2.21. The van der Waals surface area contributed by atoms with Crippen LogP contribution in [0.5, 0.6) is 0 Å². The van der Waals surface area contributed by atoms with Crippen molar-refractivity contribution < 1.29 is 38.7 Å². The molecule has 14 nitrogen and oxygen atoms in total. The van der Waals surface area contributed by atoms with Crippen LogP contribution in [-0.2, 0) is 32.0 Å². The summed E-state index contributed by atoms with van der Waals surface area (Å²) < 4.78 is 5.35. The molecule has 3 heterocycles. The summed E-state index contributed by atoms with van der Waals surface area (Å²) in [6, 6.07) is 33.3. The van der Waals surface area contributed by atoms with Crippen molar-refractivity contribution in [2.24, 2.45) is 11.8 Å². The Bertz CT molecular complexity index is 2720. The minimum atomic E-state index is -1.06. The maximum absolute atomic E-state index is 13.3. The number of carbonyl (C=O) groups is 5. The zero-order valence-electron chi connectivity index (χ0n) is 34.9. The number of carboxylic acid groups (broad SMARTS) is 2. The van der Waals surface area contributed by atoms with Gasteiger partial charge in [0.1, 0.15) is 11.5 Å². The standard InChI is InChI=1S/C26H25N3O4S.C21H18ClN3O4S/c1-16-24(17(2)33-28-16)21-12-8-7-11-20(21)22-15-34-26(27-22)29(3)25(32)19(14-23(30)31)13-18-9-5-4-6-10-18;22-15-8-4-5-9-16(15)23-20(29)17-12-30-21(24-17)25-19(28)14(11-18(26)27)10-13-6-2-1-3-7-13/h4-12,15,19H,13-14H2,1-3H3,(H,30,31);1-9,12,14H,10-11H2,(H,23,29)(H,26,27)(H,24,25,28)/t19-;14-/m11/s1. The summed E-state index contributed by atoms with van der Waals surface area (Å²) in [5.74, 6) is -4.00. The zero-order chi connectivity index (χ0) is 45.8. The summed E-state index contributed by atoms with van der Waals surface area (Å²) in [4.78, 5) is 71.3. The van der Waals surface area contributed by atoms with E-state index >= 15 is 0 Å². The number of anilines is 3. The number of carbonyl (C=O) groups excluding carboxylic acids is 3. The van der Waals surface area contributed by atoms with Crippen LogP contribution in [0.15, 0.2) is 124 Å². The number of rotatable bonds is 16. The van der Waals surface area contributed by atoms with Crippen molar-refractivity contribution in [1.82, 2.24) is 15.1 Å². The van der Waals surface area contributed by atoms with Gasteiger partial charge in [0.05, 0.1) is 46.8 Å². The number of benzene rings is 4. The number of nitrogens with one attached hydrogen (secondary N) is 2. The Morgan fingerprint density at radius 2 is 1.30 bits per heavy atom. The molecule has 3 amide bonds. The van der Waals surface area contributed by atoms with Crippen molar-refractivity contribution in [2.75, 3.05) is 22.6 Å². The Labute approximate surface area is 381 Å². The second-order valence-electron chi connectivity index (χ2n) is 14.6. The molecule has 0 unspecified atom stereocenters. The Morgan fingerprint density at radius 1 is 0.719 bits per heavy atom. The first kappa shape index (κ1) is 46.5. The predicted molar refractivity (Wildman–Crippen MR) is 248 cm³/mol. The molecule has 4 aromatic carbocycles. The first-order chi connectivity index (χ1) is 30.8. The highest BCUT2D eigenvalue weighted by molar-refractivity contribution is 7.14. The van der Waals surface area contributed by atoms with Crippen LogP contribution < -0.4 is 15.5 Å². The fourth-order valence-corrected chi connectivity index (χ4v) is 8.49. The van der Waals surface area contributed by atoms with E-state index in [0.717, 1.165) is 56.3 Å². The van der Waals surface area contributed by atoms with Crippen molar-refractivity contribution in [3.05, 3.63) is 153 Å². The normalized spacial score (nSPS) is 11.7. The van der Waals surface area contributed by atoms with Crippen LogP contribution in [0.1, 0.15) is 45.9 Å². The van der Waals surface area contributed by atoms with E-state index < -0.39 is 35.6 Å². The van der Waals surface area contributed by atoms with Gasteiger partial charge in [-0.15, -0.1) is 22.7 Å². The molecule has 7 rings (SSSR count). The second kappa shape index (κ2) is 21.9. The van der Waals surface area contributed by atoms with E-state index in [1.165, 1.54) is 21.6 Å². The minimum absolute atomic E-state index is 0.119. The quantitative estimate of drug-likeness (QED) is 0.0718. The van der Waals surface area contributed by atoms with Gasteiger partial charge in [0.25, 0.3) is 5.91 Å². The van der Waals surface area contributed by atoms with Gasteiger partial charge in [-0.2, -0.15) is 0 Å². The van der Waals surface area contributed by atoms with E-state index in [-0.39, 0.29) is 36.0 Å². The molecule has 0 aliphatic heterocycles. The van der Waals surface area contributed by atoms with Crippen LogP contribution >= 0.6 is 34.3 Å². The van der Waals surface area contributed by atoms with Gasteiger partial charge in [-0.3, -0.25) is 28.9 Å². The van der Waals surface area contributed by atoms with Gasteiger partial charge in [-0.05, 0) is 55.5 Å². The van der Waals surface area contributed by atoms with Gasteiger partial charge >= 0.3 is 11.9 Å². The molecule has 0 aliphatic rings. The number of carboxylic acids is 2. The van der Waals surface area contributed by atoms with Crippen LogP contribution in [0, 0.1) is 25.7 Å². The third-order valence-corrected chi connectivity index (χ3v) is 11.9. The van der Waals surface area contributed by atoms with Gasteiger partial charge in [-0.1, -0.05) is 114 Å². The van der Waals surface area contributed by atoms with E-state index in [2.05, 4.69) is 20.8 Å². The predicted octanol–water partition coefficient (Wildman–Crippen LogP) is 9.70. The molecule has 328 valence electrons. The number of aryl methyl sites for hydroxylation is 2. The Morgan fingerprint density at radius 3 is 1.91 bits per heavy atom. The van der Waals surface area contributed by atoms with Gasteiger partial charge < -0.3 is 25.4 Å². The molecule has 4 N–H and O–H groups in total. The monoisotopic (exact) mass is 918 g/mol. The van der Waals surface area contributed by atoms with Crippen LogP contribution in [-0.4, -0.2) is 62.0 Å². The van der Waals surface area contributed by atoms with Crippen LogP contribution in [0.25, 0.3) is 22.4 Å². The Kier molecular flexibility index (Phi) is 15.9. The molecule has 0 radical (unpaired) electrons. The molecule has 0 saturated heterocycles. The summed E-state index contributed by atoms with van der Waals surface area (Å²) in [5, 5.41) is 32.4. The summed E-state index contributed by atoms with van der Waals surface area (Å²) >= 11 is 8.46. The average molecular weight is 919 g/mol. The van der Waals surface area contributed by atoms with Crippen molar-refractivity contribution in [3.8, 4) is 22.4 Å². The van der Waals surface area contributed by atoms with Crippen molar-refractivity contribution >= 4 is 79.9 Å². The number of thiazole rings is 2. The molecule has 17 heteroatoms. The van der Waals surface area contributed by atoms with Crippen molar-refractivity contribution in [2.45, 2.75) is 39.5 Å². The maximum atomic E-state index is 13.3. The highest BCUT2D eigenvalue weighted by atomic mass is 35.5. The maximum Gasteiger partial charge on any atom is 0.304 e. The number of amides is 3. The molecule has 0 saturated carbocycles. The van der Waals surface area contributed by atoms with Crippen molar-refractivity contribution in [3.63, 3.8) is 0 Å². The molecule has 7 aromatic rings. The number of halogens is 1. The Balaban J connectivity index is 0.000000214. The smallest absolute Gasteiger partial charge is 0.304 e. The second-order valence-corrected chi connectivity index (χ2v) is 16.7. The third kappa shape index (κ3) is 12.3. The fourth-order valence-electron chi connectivity index (χ4n) is 6.82. The first-order valence-corrected chi connectivity index (χ1v) is 22.0. The molecule has 0 aliphatic carbocycles. The topological polar surface area (TPSA) is 205 Å². The molecule has 2 atom stereocenters. The number of hydrogen-bond donors (Lipinski definition) is 4. The van der Waals surface area contributed by atoms with Gasteiger partial charge in [0.2, 0.25) is 11.8 Å². The van der Waals surface area contributed by atoms with Gasteiger partial charge in [-0.25, -0.2) is 9.97 Å². The minimum Gasteiger partial charge on any atom is -0.481 e. The summed E-state index contributed by atoms with van der Waals surface area (Å²) in [6.07, 6.45) is 0.0742. The third-order valence-electron chi connectivity index (χ3n) is 9.92. The summed E-state index contributed by atoms with van der Waals surface area (Å²) in [6.45, 7) is 3.78. The molecule has 64 heavy (non-hydrogen) atoms. The number of aliphatic carboxylic acids is 2. The highest BCUT2D eigenvalue weighted by Crippen LogP contribution is 2.37. The van der Waals surface area contributed by atoms with Crippen LogP contribution in [0.2, 0.25) is 5.02 Å². The fraction of sp³-hybridized carbons (Fsp3) is 0.191. The summed E-state index contributed by atoms with van der Waals surface area (Å²) in [5.41, 5.74) is 6.67. The van der Waals surface area contributed by atoms with Crippen LogP contribution in [0.3, 0.4) is 0 Å². The number of aromatic nitrogens is 3. The van der Waals surface area contributed by atoms with Gasteiger partial charge in [0.15, 0.2) is 10.3 Å². The lowest BCUT2D eigenvalue weighted by molar-refractivity contribution is -0.140. The molecular formula is C47H43ClN6O8S2. The van der Waals surface area contributed by atoms with Crippen LogP contribution in [0.4, 0.5) is 16.0 Å². The number of hydrogen-bond acceptors (Lipinski definition) is 11. The molecule has 0 fully saturated rings. The van der Waals surface area contributed by atoms with E-state index in [1.54, 1.807) is 31.3 Å². The van der Waals surface area contributed by atoms with Gasteiger partial charge in [0, 0.05) is 28.9 Å².